The van der Waals surface area contributed by atoms with E-state index in [9.17, 15) is 9.59 Å². The third kappa shape index (κ3) is 2.50. The highest BCUT2D eigenvalue weighted by Crippen LogP contribution is 2.20. The summed E-state index contributed by atoms with van der Waals surface area (Å²) in [7, 11) is 1.45. The van der Waals surface area contributed by atoms with E-state index >= 15 is 0 Å². The summed E-state index contributed by atoms with van der Waals surface area (Å²) >= 11 is 0. The molecule has 16 heavy (non-hydrogen) atoms. The number of aromatic nitrogens is 1. The largest absolute Gasteiger partial charge is 0.462 e. The van der Waals surface area contributed by atoms with Crippen LogP contribution in [0.1, 0.15) is 23.0 Å². The molecule has 7 nitrogen and oxygen atoms in total. The van der Waals surface area contributed by atoms with E-state index in [2.05, 4.69) is 15.8 Å². The van der Waals surface area contributed by atoms with Gasteiger partial charge in [-0.15, -0.1) is 0 Å². The molecule has 1 aromatic rings. The Kier molecular flexibility index (Phi) is 3.87. The molecule has 1 heterocycles. The second-order valence-corrected chi connectivity index (χ2v) is 2.90. The van der Waals surface area contributed by atoms with Gasteiger partial charge in [-0.2, -0.15) is 0 Å². The maximum absolute atomic E-state index is 11.5. The molecule has 7 heteroatoms. The van der Waals surface area contributed by atoms with Crippen LogP contribution in [0.2, 0.25) is 0 Å². The molecule has 1 rings (SSSR count). The topological polar surface area (TPSA) is 93.5 Å². The molecule has 1 aromatic heterocycles. The average molecular weight is 227 g/mol. The Morgan fingerprint density at radius 1 is 1.50 bits per heavy atom. The zero-order valence-corrected chi connectivity index (χ0v) is 9.29. The van der Waals surface area contributed by atoms with Gasteiger partial charge in [0.05, 0.1) is 12.3 Å². The minimum absolute atomic E-state index is 0.0182. The van der Waals surface area contributed by atoms with Gasteiger partial charge in [-0.25, -0.2) is 9.59 Å². The summed E-state index contributed by atoms with van der Waals surface area (Å²) in [5.74, 6) is -0.594. The summed E-state index contributed by atoms with van der Waals surface area (Å²) < 4.78 is 9.62. The third-order valence-electron chi connectivity index (χ3n) is 1.80. The van der Waals surface area contributed by atoms with Crippen LogP contribution in [0.3, 0.4) is 0 Å². The zero-order valence-electron chi connectivity index (χ0n) is 9.29. The van der Waals surface area contributed by atoms with Gasteiger partial charge in [-0.1, -0.05) is 5.16 Å². The average Bonchev–Trinajstić information content (AvgIpc) is 2.60. The van der Waals surface area contributed by atoms with Gasteiger partial charge in [0.1, 0.15) is 5.56 Å². The highest BCUT2D eigenvalue weighted by molar-refractivity contribution is 5.99. The lowest BCUT2D eigenvalue weighted by Gasteiger charge is -2.03. The molecule has 0 radical (unpaired) electrons. The fourth-order valence-corrected chi connectivity index (χ4v) is 1.06. The number of esters is 1. The predicted octanol–water partition coefficient (Wildman–Crippen LogP) is 0.911. The smallest absolute Gasteiger partial charge is 0.345 e. The van der Waals surface area contributed by atoms with E-state index in [0.29, 0.717) is 5.69 Å². The van der Waals surface area contributed by atoms with Crippen molar-refractivity contribution in [2.75, 3.05) is 19.0 Å². The molecule has 0 saturated heterocycles. The van der Waals surface area contributed by atoms with Crippen LogP contribution in [0.4, 0.5) is 10.7 Å². The lowest BCUT2D eigenvalue weighted by molar-refractivity contribution is 0.0526. The van der Waals surface area contributed by atoms with Crippen molar-refractivity contribution >= 4 is 17.9 Å². The lowest BCUT2D eigenvalue weighted by atomic mass is 10.2. The number of nitrogens with one attached hydrogen (secondary N) is 2. The number of hydrogen-bond acceptors (Lipinski definition) is 5. The fourth-order valence-electron chi connectivity index (χ4n) is 1.06. The molecule has 0 aliphatic rings. The van der Waals surface area contributed by atoms with Crippen molar-refractivity contribution in [3.05, 3.63) is 11.3 Å². The van der Waals surface area contributed by atoms with E-state index in [1.54, 1.807) is 13.8 Å². The van der Waals surface area contributed by atoms with E-state index in [-0.39, 0.29) is 18.1 Å². The maximum atomic E-state index is 11.5. The van der Waals surface area contributed by atoms with Gasteiger partial charge in [0.2, 0.25) is 5.88 Å². The molecule has 0 spiro atoms. The van der Waals surface area contributed by atoms with Crippen molar-refractivity contribution in [1.82, 2.24) is 10.5 Å². The molecule has 0 bridgehead atoms. The SMILES string of the molecule is CCOC(=O)c1c(C)noc1NC(=O)NC. The molecule has 0 fully saturated rings. The summed E-state index contributed by atoms with van der Waals surface area (Å²) in [5.41, 5.74) is 0.496. The second-order valence-electron chi connectivity index (χ2n) is 2.90. The van der Waals surface area contributed by atoms with Crippen molar-refractivity contribution in [3.63, 3.8) is 0 Å². The van der Waals surface area contributed by atoms with Crippen LogP contribution in [0.5, 0.6) is 0 Å². The van der Waals surface area contributed by atoms with Crippen molar-refractivity contribution in [2.45, 2.75) is 13.8 Å². The van der Waals surface area contributed by atoms with Gasteiger partial charge in [0, 0.05) is 7.05 Å². The molecule has 2 amide bonds. The van der Waals surface area contributed by atoms with Gasteiger partial charge in [0.15, 0.2) is 0 Å². The molecular formula is C9H13N3O4. The summed E-state index contributed by atoms with van der Waals surface area (Å²) in [4.78, 5) is 22.6. The number of hydrogen-bond donors (Lipinski definition) is 2. The van der Waals surface area contributed by atoms with E-state index in [1.807, 2.05) is 0 Å². The standard InChI is InChI=1S/C9H13N3O4/c1-4-15-8(13)6-5(2)12-16-7(6)11-9(14)10-3/h4H2,1-3H3,(H2,10,11,14). The van der Waals surface area contributed by atoms with E-state index in [4.69, 9.17) is 9.26 Å². The Balaban J connectivity index is 2.93. The van der Waals surface area contributed by atoms with Crippen molar-refractivity contribution in [1.29, 1.82) is 0 Å². The first-order valence-corrected chi connectivity index (χ1v) is 4.72. The number of aryl methyl sites for hydroxylation is 1. The minimum Gasteiger partial charge on any atom is -0.462 e. The first-order valence-electron chi connectivity index (χ1n) is 4.72. The Morgan fingerprint density at radius 2 is 2.19 bits per heavy atom. The molecule has 0 unspecified atom stereocenters. The number of nitrogens with zero attached hydrogens (tertiary/aromatic N) is 1. The predicted molar refractivity (Wildman–Crippen MR) is 55.3 cm³/mol. The quantitative estimate of drug-likeness (QED) is 0.748. The number of ether oxygens (including phenoxy) is 1. The van der Waals surface area contributed by atoms with Crippen LogP contribution in [-0.2, 0) is 4.74 Å². The highest BCUT2D eigenvalue weighted by atomic mass is 16.5. The van der Waals surface area contributed by atoms with Gasteiger partial charge in [0.25, 0.3) is 0 Å². The maximum Gasteiger partial charge on any atom is 0.345 e. The molecule has 0 atom stereocenters. The number of carbonyl (C=O) groups is 2. The Labute approximate surface area is 92.1 Å². The van der Waals surface area contributed by atoms with E-state index in [0.717, 1.165) is 0 Å². The summed E-state index contributed by atoms with van der Waals surface area (Å²) in [6.45, 7) is 3.51. The second kappa shape index (κ2) is 5.15. The van der Waals surface area contributed by atoms with Crippen LogP contribution in [0, 0.1) is 6.92 Å². The number of amides is 2. The van der Waals surface area contributed by atoms with Gasteiger partial charge >= 0.3 is 12.0 Å². The zero-order chi connectivity index (χ0) is 12.1. The Morgan fingerprint density at radius 3 is 2.75 bits per heavy atom. The third-order valence-corrected chi connectivity index (χ3v) is 1.80. The number of carbonyl (C=O) groups excluding carboxylic acids is 2. The van der Waals surface area contributed by atoms with Gasteiger partial charge in [-0.05, 0) is 13.8 Å². The normalized spacial score (nSPS) is 9.69. The minimum atomic E-state index is -0.576. The van der Waals surface area contributed by atoms with Gasteiger partial charge in [-0.3, -0.25) is 5.32 Å². The molecule has 0 aliphatic carbocycles. The van der Waals surface area contributed by atoms with Crippen LogP contribution >= 0.6 is 0 Å². The first kappa shape index (κ1) is 12.0. The van der Waals surface area contributed by atoms with E-state index < -0.39 is 12.0 Å². The lowest BCUT2D eigenvalue weighted by Crippen LogP contribution is -2.25. The highest BCUT2D eigenvalue weighted by Gasteiger charge is 2.22. The summed E-state index contributed by atoms with van der Waals surface area (Å²) in [6.07, 6.45) is 0. The monoisotopic (exact) mass is 227 g/mol. The van der Waals surface area contributed by atoms with Crippen LogP contribution in [-0.4, -0.2) is 30.8 Å². The van der Waals surface area contributed by atoms with Crippen LogP contribution in [0.25, 0.3) is 0 Å². The molecule has 0 saturated carbocycles. The van der Waals surface area contributed by atoms with Crippen molar-refractivity contribution in [2.24, 2.45) is 0 Å². The Hall–Kier alpha value is -2.05. The Bertz CT molecular complexity index is 399. The number of anilines is 1. The summed E-state index contributed by atoms with van der Waals surface area (Å²) in [6, 6.07) is -0.498. The molecule has 88 valence electrons. The number of urea groups is 1. The van der Waals surface area contributed by atoms with Crippen LogP contribution < -0.4 is 10.6 Å². The molecular weight excluding hydrogens is 214 g/mol. The first-order chi connectivity index (χ1) is 7.60. The number of rotatable bonds is 3. The van der Waals surface area contributed by atoms with E-state index in [1.165, 1.54) is 7.05 Å². The molecule has 0 aliphatic heterocycles. The molecule has 2 N–H and O–H groups in total. The van der Waals surface area contributed by atoms with Crippen molar-refractivity contribution in [3.8, 4) is 0 Å². The fraction of sp³-hybridized carbons (Fsp3) is 0.444. The van der Waals surface area contributed by atoms with Crippen LogP contribution in [0.15, 0.2) is 4.52 Å². The summed E-state index contributed by atoms with van der Waals surface area (Å²) in [5, 5.41) is 8.26. The molecule has 0 aromatic carbocycles. The van der Waals surface area contributed by atoms with Crippen molar-refractivity contribution < 1.29 is 18.8 Å². The van der Waals surface area contributed by atoms with Gasteiger partial charge < -0.3 is 14.6 Å².